The summed E-state index contributed by atoms with van der Waals surface area (Å²) in [4.78, 5) is 19.6. The van der Waals surface area contributed by atoms with Gasteiger partial charge in [-0.1, -0.05) is 30.9 Å². The summed E-state index contributed by atoms with van der Waals surface area (Å²) in [6.07, 6.45) is 1.65. The fourth-order valence-electron chi connectivity index (χ4n) is 2.37. The van der Waals surface area contributed by atoms with Crippen LogP contribution >= 0.6 is 0 Å². The number of aromatic nitrogens is 2. The van der Waals surface area contributed by atoms with E-state index in [1.807, 2.05) is 24.3 Å². The predicted octanol–water partition coefficient (Wildman–Crippen LogP) is 3.16. The van der Waals surface area contributed by atoms with E-state index in [2.05, 4.69) is 16.5 Å². The van der Waals surface area contributed by atoms with E-state index in [-0.39, 0.29) is 5.56 Å². The van der Waals surface area contributed by atoms with Crippen molar-refractivity contribution >= 4 is 10.9 Å². The summed E-state index contributed by atoms with van der Waals surface area (Å²) in [5.74, 6) is 1.53. The molecular weight excluding hydrogens is 292 g/mol. The van der Waals surface area contributed by atoms with Crippen molar-refractivity contribution in [1.29, 1.82) is 0 Å². The van der Waals surface area contributed by atoms with E-state index < -0.39 is 0 Å². The molecule has 23 heavy (non-hydrogen) atoms. The second-order valence-corrected chi connectivity index (χ2v) is 4.87. The average Bonchev–Trinajstić information content (AvgIpc) is 2.59. The third-order valence-corrected chi connectivity index (χ3v) is 3.41. The molecule has 0 aliphatic carbocycles. The van der Waals surface area contributed by atoms with E-state index in [9.17, 15) is 4.79 Å². The number of ether oxygens (including phenoxy) is 2. The van der Waals surface area contributed by atoms with E-state index in [0.717, 1.165) is 0 Å². The molecular formula is C18H16N2O3. The summed E-state index contributed by atoms with van der Waals surface area (Å²) in [5, 5.41) is 0.549. The average molecular weight is 308 g/mol. The molecule has 5 nitrogen and oxygen atoms in total. The van der Waals surface area contributed by atoms with E-state index in [0.29, 0.717) is 40.4 Å². The number of hydrogen-bond donors (Lipinski definition) is 1. The largest absolute Gasteiger partial charge is 0.493 e. The molecule has 3 aromatic rings. The van der Waals surface area contributed by atoms with Crippen LogP contribution in [0.3, 0.4) is 0 Å². The second-order valence-electron chi connectivity index (χ2n) is 4.87. The number of nitrogens with zero attached hydrogens (tertiary/aromatic N) is 1. The first kappa shape index (κ1) is 14.8. The number of aromatic amines is 1. The van der Waals surface area contributed by atoms with Crippen molar-refractivity contribution in [1.82, 2.24) is 9.97 Å². The van der Waals surface area contributed by atoms with Gasteiger partial charge in [0.25, 0.3) is 5.56 Å². The molecule has 0 amide bonds. The highest BCUT2D eigenvalue weighted by molar-refractivity contribution is 5.80. The summed E-state index contributed by atoms with van der Waals surface area (Å²) in [6.45, 7) is 3.97. The minimum atomic E-state index is -0.192. The van der Waals surface area contributed by atoms with Gasteiger partial charge < -0.3 is 14.5 Å². The Labute approximate surface area is 133 Å². The Morgan fingerprint density at radius 2 is 2.04 bits per heavy atom. The quantitative estimate of drug-likeness (QED) is 0.735. The highest BCUT2D eigenvalue weighted by Crippen LogP contribution is 2.36. The van der Waals surface area contributed by atoms with Crippen molar-refractivity contribution in [3.63, 3.8) is 0 Å². The highest BCUT2D eigenvalue weighted by Gasteiger charge is 2.15. The fraction of sp³-hybridized carbons (Fsp3) is 0.111. The van der Waals surface area contributed by atoms with Gasteiger partial charge in [-0.25, -0.2) is 4.98 Å². The highest BCUT2D eigenvalue weighted by atomic mass is 16.5. The maximum Gasteiger partial charge on any atom is 0.259 e. The minimum Gasteiger partial charge on any atom is -0.493 e. The van der Waals surface area contributed by atoms with Crippen LogP contribution in [0.2, 0.25) is 0 Å². The molecule has 0 radical (unpaired) electrons. The second kappa shape index (κ2) is 6.36. The Hall–Kier alpha value is -3.08. The van der Waals surface area contributed by atoms with Gasteiger partial charge in [-0.05, 0) is 24.3 Å². The topological polar surface area (TPSA) is 64.2 Å². The summed E-state index contributed by atoms with van der Waals surface area (Å²) >= 11 is 0. The Balaban J connectivity index is 2.22. The lowest BCUT2D eigenvalue weighted by Gasteiger charge is -2.13. The fourth-order valence-corrected chi connectivity index (χ4v) is 2.37. The first-order valence-electron chi connectivity index (χ1n) is 7.14. The first-order valence-corrected chi connectivity index (χ1v) is 7.14. The maximum absolute atomic E-state index is 12.3. The minimum absolute atomic E-state index is 0.192. The normalized spacial score (nSPS) is 10.5. The summed E-state index contributed by atoms with van der Waals surface area (Å²) in [6, 6.07) is 12.6. The van der Waals surface area contributed by atoms with Gasteiger partial charge >= 0.3 is 0 Å². The molecule has 1 heterocycles. The zero-order valence-corrected chi connectivity index (χ0v) is 12.7. The molecule has 0 aliphatic rings. The number of nitrogens with one attached hydrogen (secondary N) is 1. The zero-order valence-electron chi connectivity index (χ0n) is 12.7. The standard InChI is InChI=1S/C18H16N2O3/c1-3-11-23-16-13(8-6-10-15(16)22-2)17-19-14-9-5-4-7-12(14)18(21)20-17/h3-10H,1,11H2,2H3,(H,19,20,21). The van der Waals surface area contributed by atoms with Crippen molar-refractivity contribution in [2.24, 2.45) is 0 Å². The number of benzene rings is 2. The van der Waals surface area contributed by atoms with Crippen molar-refractivity contribution in [2.45, 2.75) is 0 Å². The third-order valence-electron chi connectivity index (χ3n) is 3.41. The maximum atomic E-state index is 12.3. The van der Waals surface area contributed by atoms with Gasteiger partial charge in [0, 0.05) is 0 Å². The molecule has 1 N–H and O–H groups in total. The molecule has 0 unspecified atom stereocenters. The number of H-pyrrole nitrogens is 1. The predicted molar refractivity (Wildman–Crippen MR) is 90.0 cm³/mol. The van der Waals surface area contributed by atoms with E-state index in [1.54, 1.807) is 31.4 Å². The molecule has 0 saturated carbocycles. The molecule has 0 atom stereocenters. The molecule has 116 valence electrons. The van der Waals surface area contributed by atoms with Crippen molar-refractivity contribution < 1.29 is 9.47 Å². The lowest BCUT2D eigenvalue weighted by Crippen LogP contribution is -2.10. The van der Waals surface area contributed by atoms with Gasteiger partial charge in [0.1, 0.15) is 12.4 Å². The number of fused-ring (bicyclic) bond motifs is 1. The molecule has 3 rings (SSSR count). The Kier molecular flexibility index (Phi) is 4.10. The molecule has 0 spiro atoms. The number of methoxy groups -OCH3 is 1. The number of para-hydroxylation sites is 2. The van der Waals surface area contributed by atoms with Crippen LogP contribution < -0.4 is 15.0 Å². The van der Waals surface area contributed by atoms with Crippen molar-refractivity contribution in [3.8, 4) is 22.9 Å². The van der Waals surface area contributed by atoms with Crippen LogP contribution in [0, 0.1) is 0 Å². The molecule has 0 saturated heterocycles. The Morgan fingerprint density at radius 1 is 1.22 bits per heavy atom. The van der Waals surface area contributed by atoms with Crippen molar-refractivity contribution in [3.05, 3.63) is 65.5 Å². The van der Waals surface area contributed by atoms with Gasteiger partial charge in [0.2, 0.25) is 0 Å². The molecule has 0 bridgehead atoms. The number of hydrogen-bond acceptors (Lipinski definition) is 4. The van der Waals surface area contributed by atoms with E-state index >= 15 is 0 Å². The molecule has 0 fully saturated rings. The van der Waals surface area contributed by atoms with Crippen LogP contribution in [0.5, 0.6) is 11.5 Å². The molecule has 1 aromatic heterocycles. The summed E-state index contributed by atoms with van der Waals surface area (Å²) < 4.78 is 11.1. The first-order chi connectivity index (χ1) is 11.2. The molecule has 0 aliphatic heterocycles. The van der Waals surface area contributed by atoms with Crippen molar-refractivity contribution in [2.75, 3.05) is 13.7 Å². The SMILES string of the molecule is C=CCOc1c(OC)cccc1-c1nc2ccccc2c(=O)[nH]1. The van der Waals surface area contributed by atoms with Crippen LogP contribution in [-0.2, 0) is 0 Å². The Bertz CT molecular complexity index is 916. The van der Waals surface area contributed by atoms with Gasteiger partial charge in [0.05, 0.1) is 23.6 Å². The summed E-state index contributed by atoms with van der Waals surface area (Å²) in [7, 11) is 1.57. The van der Waals surface area contributed by atoms with Crippen LogP contribution in [0.1, 0.15) is 0 Å². The van der Waals surface area contributed by atoms with Gasteiger partial charge in [-0.15, -0.1) is 0 Å². The van der Waals surface area contributed by atoms with Gasteiger partial charge in [0.15, 0.2) is 11.5 Å². The monoisotopic (exact) mass is 308 g/mol. The van der Waals surface area contributed by atoms with Gasteiger partial charge in [-0.3, -0.25) is 4.79 Å². The lowest BCUT2D eigenvalue weighted by molar-refractivity contribution is 0.327. The number of rotatable bonds is 5. The summed E-state index contributed by atoms with van der Waals surface area (Å²) in [5.41, 5.74) is 1.10. The Morgan fingerprint density at radius 3 is 2.83 bits per heavy atom. The third kappa shape index (κ3) is 2.81. The molecule has 5 heteroatoms. The van der Waals surface area contributed by atoms with Crippen LogP contribution in [0.4, 0.5) is 0 Å². The van der Waals surface area contributed by atoms with Gasteiger partial charge in [-0.2, -0.15) is 0 Å². The lowest BCUT2D eigenvalue weighted by atomic mass is 10.1. The smallest absolute Gasteiger partial charge is 0.259 e. The molecule has 2 aromatic carbocycles. The van der Waals surface area contributed by atoms with Crippen LogP contribution in [0.25, 0.3) is 22.3 Å². The van der Waals surface area contributed by atoms with E-state index in [4.69, 9.17) is 9.47 Å². The van der Waals surface area contributed by atoms with Crippen LogP contribution in [-0.4, -0.2) is 23.7 Å². The van der Waals surface area contributed by atoms with Crippen LogP contribution in [0.15, 0.2) is 59.9 Å². The zero-order chi connectivity index (χ0) is 16.2. The van der Waals surface area contributed by atoms with E-state index in [1.165, 1.54) is 0 Å².